The standard InChI is InChI=1S/C20H36O17/c1-32-18-14(29)11(26)9(24)7(36-18)4-33-19-15(30)12(27)13(28)17(6(3-22)35-19)37-20-16(31)10(25)8(23)5(2-21)34-20/h5-31H,2-4H2,1H3/t5-,6-,7-,8+,9-,10+,11+,12+,13-,14-,15-,16-,17-,18+,19+,20+/m1/s1. The van der Waals surface area contributed by atoms with E-state index < -0.39 is 118 Å². The van der Waals surface area contributed by atoms with E-state index in [0.717, 1.165) is 0 Å². The second-order valence-electron chi connectivity index (χ2n) is 9.08. The zero-order chi connectivity index (χ0) is 27.6. The number of ether oxygens (including phenoxy) is 6. The van der Waals surface area contributed by atoms with E-state index in [4.69, 9.17) is 28.4 Å². The lowest BCUT2D eigenvalue weighted by atomic mass is 9.98. The minimum atomic E-state index is -2.02. The van der Waals surface area contributed by atoms with Crippen molar-refractivity contribution >= 4 is 0 Å². The van der Waals surface area contributed by atoms with Gasteiger partial charge in [0.25, 0.3) is 0 Å². The molecule has 17 heteroatoms. The monoisotopic (exact) mass is 548 g/mol. The number of aliphatic hydroxyl groups is 11. The lowest BCUT2D eigenvalue weighted by Crippen LogP contribution is -2.61. The average molecular weight is 548 g/mol. The van der Waals surface area contributed by atoms with Crippen molar-refractivity contribution in [3.63, 3.8) is 0 Å². The molecule has 0 aromatic rings. The molecule has 0 aliphatic carbocycles. The van der Waals surface area contributed by atoms with Gasteiger partial charge in [0.1, 0.15) is 79.4 Å². The first-order valence-electron chi connectivity index (χ1n) is 11.6. The second-order valence-corrected chi connectivity index (χ2v) is 9.08. The first-order valence-corrected chi connectivity index (χ1v) is 11.6. The van der Waals surface area contributed by atoms with Gasteiger partial charge >= 0.3 is 0 Å². The molecule has 37 heavy (non-hydrogen) atoms. The molecule has 218 valence electrons. The maximum Gasteiger partial charge on any atom is 0.187 e. The van der Waals surface area contributed by atoms with E-state index in [2.05, 4.69) is 0 Å². The van der Waals surface area contributed by atoms with Crippen LogP contribution in [0, 0.1) is 0 Å². The van der Waals surface area contributed by atoms with Gasteiger partial charge in [-0.15, -0.1) is 0 Å². The van der Waals surface area contributed by atoms with Gasteiger partial charge in [-0.3, -0.25) is 0 Å². The van der Waals surface area contributed by atoms with Crippen molar-refractivity contribution < 1.29 is 84.6 Å². The number of aliphatic hydroxyl groups excluding tert-OH is 11. The lowest BCUT2D eigenvalue weighted by Gasteiger charge is -2.42. The maximum absolute atomic E-state index is 10.6. The predicted octanol–water partition coefficient (Wildman–Crippen LogP) is -7.56. The lowest BCUT2D eigenvalue weighted by molar-refractivity contribution is -0.331. The molecule has 3 saturated heterocycles. The van der Waals surface area contributed by atoms with Crippen LogP contribution < -0.4 is 0 Å². The molecule has 3 fully saturated rings. The van der Waals surface area contributed by atoms with E-state index in [0.29, 0.717) is 0 Å². The fourth-order valence-corrected chi connectivity index (χ4v) is 4.33. The zero-order valence-corrected chi connectivity index (χ0v) is 19.7. The van der Waals surface area contributed by atoms with Crippen LogP contribution in [0.4, 0.5) is 0 Å². The van der Waals surface area contributed by atoms with Gasteiger partial charge in [-0.2, -0.15) is 0 Å². The van der Waals surface area contributed by atoms with Crippen LogP contribution in [0.15, 0.2) is 0 Å². The molecule has 16 atom stereocenters. The van der Waals surface area contributed by atoms with Gasteiger partial charge in [-0.25, -0.2) is 0 Å². The summed E-state index contributed by atoms with van der Waals surface area (Å²) in [4.78, 5) is 0. The molecule has 0 bridgehead atoms. The van der Waals surface area contributed by atoms with Crippen LogP contribution in [0.25, 0.3) is 0 Å². The van der Waals surface area contributed by atoms with Crippen LogP contribution in [0.1, 0.15) is 0 Å². The summed E-state index contributed by atoms with van der Waals surface area (Å²) in [7, 11) is 1.19. The normalized spacial score (nSPS) is 51.6. The highest BCUT2D eigenvalue weighted by Crippen LogP contribution is 2.30. The summed E-state index contributed by atoms with van der Waals surface area (Å²) >= 11 is 0. The third-order valence-electron chi connectivity index (χ3n) is 6.64. The Kier molecular flexibility index (Phi) is 10.9. The first-order chi connectivity index (χ1) is 17.5. The van der Waals surface area contributed by atoms with Crippen LogP contribution in [0.3, 0.4) is 0 Å². The van der Waals surface area contributed by atoms with Gasteiger partial charge in [0, 0.05) is 7.11 Å². The van der Waals surface area contributed by atoms with Gasteiger partial charge in [0.2, 0.25) is 0 Å². The van der Waals surface area contributed by atoms with E-state index in [1.807, 2.05) is 0 Å². The summed E-state index contributed by atoms with van der Waals surface area (Å²) in [6.07, 6.45) is -26.9. The molecular weight excluding hydrogens is 512 g/mol. The van der Waals surface area contributed by atoms with Crippen molar-refractivity contribution in [1.29, 1.82) is 0 Å². The smallest absolute Gasteiger partial charge is 0.187 e. The van der Waals surface area contributed by atoms with Gasteiger partial charge < -0.3 is 84.6 Å². The molecule has 0 amide bonds. The fraction of sp³-hybridized carbons (Fsp3) is 1.00. The topological polar surface area (TPSA) is 278 Å². The second kappa shape index (κ2) is 13.1. The molecular formula is C20H36O17. The van der Waals surface area contributed by atoms with E-state index >= 15 is 0 Å². The van der Waals surface area contributed by atoms with Gasteiger partial charge in [-0.1, -0.05) is 0 Å². The number of hydrogen-bond acceptors (Lipinski definition) is 17. The van der Waals surface area contributed by atoms with Crippen LogP contribution in [-0.2, 0) is 28.4 Å². The highest BCUT2D eigenvalue weighted by atomic mass is 16.7. The summed E-state index contributed by atoms with van der Waals surface area (Å²) in [5.41, 5.74) is 0. The average Bonchev–Trinajstić information content (AvgIpc) is 2.97. The molecule has 3 aliphatic rings. The molecule has 0 radical (unpaired) electrons. The highest BCUT2D eigenvalue weighted by Gasteiger charge is 2.51. The molecule has 3 heterocycles. The van der Waals surface area contributed by atoms with Crippen molar-refractivity contribution in [1.82, 2.24) is 0 Å². The molecule has 3 rings (SSSR count). The Morgan fingerprint density at radius 3 is 1.54 bits per heavy atom. The Labute approximate surface area is 210 Å². The third-order valence-corrected chi connectivity index (χ3v) is 6.64. The Morgan fingerprint density at radius 2 is 0.973 bits per heavy atom. The first kappa shape index (κ1) is 30.9. The van der Waals surface area contributed by atoms with Gasteiger partial charge in [0.15, 0.2) is 18.9 Å². The Bertz CT molecular complexity index is 696. The van der Waals surface area contributed by atoms with Crippen LogP contribution >= 0.6 is 0 Å². The third kappa shape index (κ3) is 6.39. The van der Waals surface area contributed by atoms with Crippen LogP contribution in [0.2, 0.25) is 0 Å². The molecule has 17 nitrogen and oxygen atoms in total. The van der Waals surface area contributed by atoms with Crippen LogP contribution in [-0.4, -0.2) is 181 Å². The molecule has 0 spiro atoms. The number of rotatable bonds is 8. The van der Waals surface area contributed by atoms with Gasteiger partial charge in [0.05, 0.1) is 19.8 Å². The van der Waals surface area contributed by atoms with E-state index in [-0.39, 0.29) is 0 Å². The van der Waals surface area contributed by atoms with Crippen molar-refractivity contribution in [3.8, 4) is 0 Å². The van der Waals surface area contributed by atoms with Gasteiger partial charge in [-0.05, 0) is 0 Å². The zero-order valence-electron chi connectivity index (χ0n) is 19.7. The SMILES string of the molecule is CO[C@H]1O[C@H](CO[C@H]2O[C@H](CO)[C@@H](O[C@@H]3O[C@H](CO)[C@H](O)[C@H](O)[C@H]3O)[C@H](O)[C@H](O)[C@H]2O)[C@@H](O)[C@H](O)[C@H]1O. The quantitative estimate of drug-likeness (QED) is 0.134. The molecule has 3 aliphatic heterocycles. The summed E-state index contributed by atoms with van der Waals surface area (Å²) in [5.74, 6) is 0. The summed E-state index contributed by atoms with van der Waals surface area (Å²) in [6, 6.07) is 0. The van der Waals surface area contributed by atoms with Crippen LogP contribution in [0.5, 0.6) is 0 Å². The van der Waals surface area contributed by atoms with E-state index in [1.54, 1.807) is 0 Å². The van der Waals surface area contributed by atoms with E-state index in [1.165, 1.54) is 7.11 Å². The highest BCUT2D eigenvalue weighted by molar-refractivity contribution is 4.95. The number of methoxy groups -OCH3 is 1. The fourth-order valence-electron chi connectivity index (χ4n) is 4.33. The molecule has 0 aromatic carbocycles. The molecule has 0 aromatic heterocycles. The minimum absolute atomic E-state index is 0.578. The maximum atomic E-state index is 10.6. The summed E-state index contributed by atoms with van der Waals surface area (Å²) in [6.45, 7) is -2.22. The summed E-state index contributed by atoms with van der Waals surface area (Å²) < 4.78 is 31.8. The molecule has 0 saturated carbocycles. The number of hydrogen-bond donors (Lipinski definition) is 11. The minimum Gasteiger partial charge on any atom is -0.394 e. The summed E-state index contributed by atoms with van der Waals surface area (Å²) in [5, 5.41) is 111. The Balaban J connectivity index is 1.72. The van der Waals surface area contributed by atoms with Crippen molar-refractivity contribution in [2.75, 3.05) is 26.9 Å². The molecule has 11 N–H and O–H groups in total. The van der Waals surface area contributed by atoms with E-state index in [9.17, 15) is 56.2 Å². The van der Waals surface area contributed by atoms with Crippen molar-refractivity contribution in [3.05, 3.63) is 0 Å². The molecule has 0 unspecified atom stereocenters. The predicted molar refractivity (Wildman–Crippen MR) is 112 cm³/mol. The Morgan fingerprint density at radius 1 is 0.514 bits per heavy atom. The van der Waals surface area contributed by atoms with Crippen molar-refractivity contribution in [2.24, 2.45) is 0 Å². The largest absolute Gasteiger partial charge is 0.394 e. The van der Waals surface area contributed by atoms with Crippen molar-refractivity contribution in [2.45, 2.75) is 98.2 Å². The Hall–Kier alpha value is -0.680.